The highest BCUT2D eigenvalue weighted by Gasteiger charge is 2.34. The first kappa shape index (κ1) is 10.2. The number of ketones is 1. The average molecular weight is 195 g/mol. The first-order valence-electron chi connectivity index (χ1n) is 6.11. The molecule has 0 bridgehead atoms. The minimum absolute atomic E-state index is 0.288. The van der Waals surface area contributed by atoms with Gasteiger partial charge in [0.05, 0.1) is 6.04 Å². The summed E-state index contributed by atoms with van der Waals surface area (Å²) >= 11 is 0. The third-order valence-corrected chi connectivity index (χ3v) is 3.82. The van der Waals surface area contributed by atoms with E-state index in [1.54, 1.807) is 0 Å². The fourth-order valence-corrected chi connectivity index (χ4v) is 3.02. The van der Waals surface area contributed by atoms with E-state index in [1.807, 2.05) is 0 Å². The van der Waals surface area contributed by atoms with E-state index >= 15 is 0 Å². The van der Waals surface area contributed by atoms with Crippen LogP contribution in [-0.2, 0) is 4.79 Å². The van der Waals surface area contributed by atoms with Gasteiger partial charge in [0, 0.05) is 12.5 Å². The van der Waals surface area contributed by atoms with Crippen LogP contribution in [0.25, 0.3) is 0 Å². The van der Waals surface area contributed by atoms with Gasteiger partial charge in [-0.2, -0.15) is 0 Å². The second-order valence-electron chi connectivity index (χ2n) is 4.67. The second kappa shape index (κ2) is 4.43. The standard InChI is InChI=1S/C12H21NO/c1-2-10-6-5-9-13(10)11-7-3-4-8-12(11)14/h10-11H,2-9H2,1H3. The number of rotatable bonds is 2. The second-order valence-corrected chi connectivity index (χ2v) is 4.67. The lowest BCUT2D eigenvalue weighted by Crippen LogP contribution is -2.45. The van der Waals surface area contributed by atoms with Gasteiger partial charge in [0.1, 0.15) is 5.78 Å². The van der Waals surface area contributed by atoms with E-state index in [-0.39, 0.29) is 6.04 Å². The van der Waals surface area contributed by atoms with Gasteiger partial charge in [0.2, 0.25) is 0 Å². The van der Waals surface area contributed by atoms with E-state index in [4.69, 9.17) is 0 Å². The van der Waals surface area contributed by atoms with Crippen LogP contribution in [0.1, 0.15) is 51.9 Å². The van der Waals surface area contributed by atoms with Crippen molar-refractivity contribution in [3.63, 3.8) is 0 Å². The zero-order valence-corrected chi connectivity index (χ0v) is 9.17. The van der Waals surface area contributed by atoms with Gasteiger partial charge >= 0.3 is 0 Å². The molecule has 1 saturated carbocycles. The molecule has 0 aromatic heterocycles. The zero-order chi connectivity index (χ0) is 9.97. The van der Waals surface area contributed by atoms with Gasteiger partial charge in [-0.1, -0.05) is 13.3 Å². The van der Waals surface area contributed by atoms with Crippen molar-refractivity contribution >= 4 is 5.78 Å². The number of Topliss-reactive ketones (excluding diaryl/α,β-unsaturated/α-hetero) is 1. The van der Waals surface area contributed by atoms with Crippen LogP contribution >= 0.6 is 0 Å². The molecule has 1 saturated heterocycles. The fraction of sp³-hybridized carbons (Fsp3) is 0.917. The molecule has 2 rings (SSSR count). The summed E-state index contributed by atoms with van der Waals surface area (Å²) in [4.78, 5) is 14.3. The minimum atomic E-state index is 0.288. The molecule has 0 amide bonds. The van der Waals surface area contributed by atoms with Crippen LogP contribution in [0.3, 0.4) is 0 Å². The van der Waals surface area contributed by atoms with Gasteiger partial charge in [-0.3, -0.25) is 9.69 Å². The first-order chi connectivity index (χ1) is 6.83. The first-order valence-corrected chi connectivity index (χ1v) is 6.11. The summed E-state index contributed by atoms with van der Waals surface area (Å²) in [6.45, 7) is 3.41. The van der Waals surface area contributed by atoms with Crippen LogP contribution in [0, 0.1) is 0 Å². The van der Waals surface area contributed by atoms with Gasteiger partial charge in [-0.25, -0.2) is 0 Å². The predicted molar refractivity (Wildman–Crippen MR) is 57.3 cm³/mol. The Morgan fingerprint density at radius 3 is 2.86 bits per heavy atom. The van der Waals surface area contributed by atoms with Crippen LogP contribution in [-0.4, -0.2) is 29.3 Å². The normalized spacial score (nSPS) is 35.1. The molecule has 0 aromatic rings. The Morgan fingerprint density at radius 1 is 1.29 bits per heavy atom. The highest BCUT2D eigenvalue weighted by atomic mass is 16.1. The van der Waals surface area contributed by atoms with E-state index in [0.29, 0.717) is 11.8 Å². The SMILES string of the molecule is CCC1CCCN1C1CCCCC1=O. The van der Waals surface area contributed by atoms with Gasteiger partial charge in [0.15, 0.2) is 0 Å². The quantitative estimate of drug-likeness (QED) is 0.674. The van der Waals surface area contributed by atoms with Crippen molar-refractivity contribution < 1.29 is 4.79 Å². The van der Waals surface area contributed by atoms with E-state index < -0.39 is 0 Å². The van der Waals surface area contributed by atoms with Crippen LogP contribution in [0.4, 0.5) is 0 Å². The maximum Gasteiger partial charge on any atom is 0.149 e. The average Bonchev–Trinajstić information content (AvgIpc) is 2.66. The molecule has 0 N–H and O–H groups in total. The Morgan fingerprint density at radius 2 is 2.14 bits per heavy atom. The molecule has 2 fully saturated rings. The van der Waals surface area contributed by atoms with Gasteiger partial charge in [-0.15, -0.1) is 0 Å². The van der Waals surface area contributed by atoms with Gasteiger partial charge in [0.25, 0.3) is 0 Å². The Labute approximate surface area is 86.7 Å². The lowest BCUT2D eigenvalue weighted by molar-refractivity contribution is -0.126. The summed E-state index contributed by atoms with van der Waals surface area (Å²) in [6.07, 6.45) is 8.14. The van der Waals surface area contributed by atoms with Crippen molar-refractivity contribution in [3.05, 3.63) is 0 Å². The summed E-state index contributed by atoms with van der Waals surface area (Å²) in [6, 6.07) is 0.984. The Bertz CT molecular complexity index is 214. The molecule has 0 aromatic carbocycles. The summed E-state index contributed by atoms with van der Waals surface area (Å²) in [5.41, 5.74) is 0. The maximum atomic E-state index is 11.8. The summed E-state index contributed by atoms with van der Waals surface area (Å²) in [7, 11) is 0. The maximum absolute atomic E-state index is 11.8. The van der Waals surface area contributed by atoms with Crippen LogP contribution < -0.4 is 0 Å². The summed E-state index contributed by atoms with van der Waals surface area (Å²) in [5, 5.41) is 0. The number of likely N-dealkylation sites (tertiary alicyclic amines) is 1. The van der Waals surface area contributed by atoms with E-state index in [9.17, 15) is 4.79 Å². The van der Waals surface area contributed by atoms with Gasteiger partial charge < -0.3 is 0 Å². The smallest absolute Gasteiger partial charge is 0.149 e. The lowest BCUT2D eigenvalue weighted by atomic mass is 9.92. The molecular weight excluding hydrogens is 174 g/mol. The van der Waals surface area contributed by atoms with Crippen LogP contribution in [0.2, 0.25) is 0 Å². The molecule has 2 unspecified atom stereocenters. The Hall–Kier alpha value is -0.370. The molecule has 1 heterocycles. The number of carbonyl (C=O) groups is 1. The highest BCUT2D eigenvalue weighted by molar-refractivity contribution is 5.84. The van der Waals surface area contributed by atoms with Crippen molar-refractivity contribution in [3.8, 4) is 0 Å². The number of hydrogen-bond acceptors (Lipinski definition) is 2. The van der Waals surface area contributed by atoms with Crippen LogP contribution in [0.15, 0.2) is 0 Å². The predicted octanol–water partition coefficient (Wildman–Crippen LogP) is 2.37. The summed E-state index contributed by atoms with van der Waals surface area (Å²) < 4.78 is 0. The zero-order valence-electron chi connectivity index (χ0n) is 9.17. The fourth-order valence-electron chi connectivity index (χ4n) is 3.02. The molecular formula is C12H21NO. The van der Waals surface area contributed by atoms with E-state index in [2.05, 4.69) is 11.8 Å². The molecule has 1 aliphatic heterocycles. The highest BCUT2D eigenvalue weighted by Crippen LogP contribution is 2.28. The van der Waals surface area contributed by atoms with Crippen molar-refractivity contribution in [1.29, 1.82) is 0 Å². The lowest BCUT2D eigenvalue weighted by Gasteiger charge is -2.33. The van der Waals surface area contributed by atoms with Crippen LogP contribution in [0.5, 0.6) is 0 Å². The largest absolute Gasteiger partial charge is 0.298 e. The van der Waals surface area contributed by atoms with E-state index in [0.717, 1.165) is 25.8 Å². The van der Waals surface area contributed by atoms with Crippen molar-refractivity contribution in [1.82, 2.24) is 4.90 Å². The molecule has 14 heavy (non-hydrogen) atoms. The topological polar surface area (TPSA) is 20.3 Å². The van der Waals surface area contributed by atoms with Gasteiger partial charge in [-0.05, 0) is 38.6 Å². The third kappa shape index (κ3) is 1.85. The molecule has 1 aliphatic carbocycles. The number of carbonyl (C=O) groups excluding carboxylic acids is 1. The third-order valence-electron chi connectivity index (χ3n) is 3.82. The van der Waals surface area contributed by atoms with Crippen molar-refractivity contribution in [2.24, 2.45) is 0 Å². The van der Waals surface area contributed by atoms with Crippen molar-refractivity contribution in [2.45, 2.75) is 64.0 Å². The monoisotopic (exact) mass is 195 g/mol. The Balaban J connectivity index is 2.01. The molecule has 0 radical (unpaired) electrons. The van der Waals surface area contributed by atoms with Crippen molar-refractivity contribution in [2.75, 3.05) is 6.54 Å². The number of hydrogen-bond donors (Lipinski definition) is 0. The summed E-state index contributed by atoms with van der Waals surface area (Å²) in [5.74, 6) is 0.511. The minimum Gasteiger partial charge on any atom is -0.298 e. The molecule has 2 nitrogen and oxygen atoms in total. The molecule has 2 atom stereocenters. The Kier molecular flexibility index (Phi) is 3.22. The molecule has 0 spiro atoms. The molecule has 2 heteroatoms. The van der Waals surface area contributed by atoms with E-state index in [1.165, 1.54) is 25.7 Å². The molecule has 80 valence electrons. The molecule has 2 aliphatic rings. The number of nitrogens with zero attached hydrogens (tertiary/aromatic N) is 1.